The number of nitrogens with zero attached hydrogens (tertiary/aromatic N) is 2. The lowest BCUT2D eigenvalue weighted by Gasteiger charge is -2.35. The lowest BCUT2D eigenvalue weighted by atomic mass is 9.83. The molecule has 1 aliphatic carbocycles. The van der Waals surface area contributed by atoms with Crippen LogP contribution in [0.3, 0.4) is 0 Å². The molecule has 0 bridgehead atoms. The number of hydrogen-bond donors (Lipinski definition) is 2. The summed E-state index contributed by atoms with van der Waals surface area (Å²) in [6.45, 7) is 2.18. The molecular formula is C28H34F2N4O3. The van der Waals surface area contributed by atoms with Gasteiger partial charge in [-0.2, -0.15) is 0 Å². The summed E-state index contributed by atoms with van der Waals surface area (Å²) in [6, 6.07) is 4.66. The van der Waals surface area contributed by atoms with Crippen molar-refractivity contribution in [3.05, 3.63) is 65.0 Å². The van der Waals surface area contributed by atoms with Gasteiger partial charge in [0.2, 0.25) is 17.6 Å². The van der Waals surface area contributed by atoms with Crippen LogP contribution < -0.4 is 10.6 Å². The average molecular weight is 513 g/mol. The van der Waals surface area contributed by atoms with Crippen molar-refractivity contribution in [3.8, 4) is 0 Å². The van der Waals surface area contributed by atoms with Crippen molar-refractivity contribution in [2.45, 2.75) is 70.0 Å². The van der Waals surface area contributed by atoms with Crippen LogP contribution >= 0.6 is 0 Å². The van der Waals surface area contributed by atoms with E-state index in [0.717, 1.165) is 44.2 Å². The molecule has 2 N–H and O–H groups in total. The minimum Gasteiger partial charge on any atom is -0.343 e. The third-order valence-corrected chi connectivity index (χ3v) is 7.65. The minimum absolute atomic E-state index is 0.0217. The normalized spacial score (nSPS) is 19.9. The van der Waals surface area contributed by atoms with Crippen molar-refractivity contribution >= 4 is 17.6 Å². The van der Waals surface area contributed by atoms with E-state index in [0.29, 0.717) is 19.4 Å². The summed E-state index contributed by atoms with van der Waals surface area (Å²) < 4.78 is 29.0. The first-order valence-electron chi connectivity index (χ1n) is 13.0. The molecule has 1 aromatic carbocycles. The number of benzene rings is 1. The number of halogens is 2. The summed E-state index contributed by atoms with van der Waals surface area (Å²) in [5, 5.41) is 5.88. The standard InChI is InChI=1S/C28H34F2N4O3/c1-17(31-2)27(36)33-24(18-7-4-3-5-8-18)28(37)34-16-6-9-22(34)21-14-15-32-25(23(21)30)26(35)19-10-12-20(29)13-11-19/h10-15,17-18,22,24,31H,3-9,16H2,1-2H3,(H,33,36)/t17?,22?,24-/m0/s1. The predicted molar refractivity (Wildman–Crippen MR) is 135 cm³/mol. The van der Waals surface area contributed by atoms with Crippen molar-refractivity contribution in [2.75, 3.05) is 13.6 Å². The van der Waals surface area contributed by atoms with Crippen molar-refractivity contribution < 1.29 is 23.2 Å². The molecule has 1 saturated heterocycles. The maximum atomic E-state index is 15.7. The second kappa shape index (κ2) is 11.9. The topological polar surface area (TPSA) is 91.4 Å². The van der Waals surface area contributed by atoms with Crippen LogP contribution in [0.5, 0.6) is 0 Å². The zero-order chi connectivity index (χ0) is 26.5. The Kier molecular flexibility index (Phi) is 8.63. The Morgan fingerprint density at radius 1 is 1.00 bits per heavy atom. The van der Waals surface area contributed by atoms with Crippen LogP contribution in [-0.2, 0) is 9.59 Å². The van der Waals surface area contributed by atoms with E-state index in [2.05, 4.69) is 15.6 Å². The Morgan fingerprint density at radius 2 is 1.70 bits per heavy atom. The smallest absolute Gasteiger partial charge is 0.245 e. The van der Waals surface area contributed by atoms with Crippen LogP contribution in [0.2, 0.25) is 0 Å². The maximum Gasteiger partial charge on any atom is 0.245 e. The average Bonchev–Trinajstić information content (AvgIpc) is 3.41. The first kappa shape index (κ1) is 26.9. The zero-order valence-electron chi connectivity index (χ0n) is 21.3. The summed E-state index contributed by atoms with van der Waals surface area (Å²) in [5.41, 5.74) is -0.00459. The van der Waals surface area contributed by atoms with Gasteiger partial charge < -0.3 is 15.5 Å². The first-order valence-corrected chi connectivity index (χ1v) is 13.0. The van der Waals surface area contributed by atoms with Crippen molar-refractivity contribution in [1.82, 2.24) is 20.5 Å². The van der Waals surface area contributed by atoms with E-state index in [9.17, 15) is 18.8 Å². The molecule has 1 aromatic heterocycles. The van der Waals surface area contributed by atoms with E-state index in [1.165, 1.54) is 24.4 Å². The highest BCUT2D eigenvalue weighted by Crippen LogP contribution is 2.36. The van der Waals surface area contributed by atoms with Crippen LogP contribution in [0.15, 0.2) is 36.5 Å². The Hall–Kier alpha value is -3.20. The molecule has 2 aromatic rings. The van der Waals surface area contributed by atoms with E-state index in [-0.39, 0.29) is 34.6 Å². The van der Waals surface area contributed by atoms with Gasteiger partial charge in [0.05, 0.1) is 12.1 Å². The molecule has 0 spiro atoms. The van der Waals surface area contributed by atoms with Crippen LogP contribution in [0, 0.1) is 17.6 Å². The quantitative estimate of drug-likeness (QED) is 0.523. The first-order chi connectivity index (χ1) is 17.8. The third kappa shape index (κ3) is 5.87. The molecule has 37 heavy (non-hydrogen) atoms. The van der Waals surface area contributed by atoms with Gasteiger partial charge in [0.1, 0.15) is 17.6 Å². The summed E-state index contributed by atoms with van der Waals surface area (Å²) >= 11 is 0. The fourth-order valence-electron chi connectivity index (χ4n) is 5.40. The van der Waals surface area contributed by atoms with Crippen LogP contribution in [-0.4, -0.2) is 53.2 Å². The van der Waals surface area contributed by atoms with Gasteiger partial charge in [0.15, 0.2) is 5.82 Å². The number of likely N-dealkylation sites (N-methyl/N-ethyl adjacent to an activating group) is 1. The van der Waals surface area contributed by atoms with Gasteiger partial charge >= 0.3 is 0 Å². The number of amides is 2. The molecule has 3 atom stereocenters. The van der Waals surface area contributed by atoms with Crippen molar-refractivity contribution in [2.24, 2.45) is 5.92 Å². The lowest BCUT2D eigenvalue weighted by Crippen LogP contribution is -2.55. The molecule has 7 nitrogen and oxygen atoms in total. The number of hydrogen-bond acceptors (Lipinski definition) is 5. The van der Waals surface area contributed by atoms with Gasteiger partial charge in [0.25, 0.3) is 0 Å². The van der Waals surface area contributed by atoms with E-state index in [4.69, 9.17) is 0 Å². The summed E-state index contributed by atoms with van der Waals surface area (Å²) in [4.78, 5) is 45.2. The second-order valence-electron chi connectivity index (χ2n) is 9.98. The largest absolute Gasteiger partial charge is 0.343 e. The van der Waals surface area contributed by atoms with E-state index in [1.807, 2.05) is 0 Å². The molecule has 1 saturated carbocycles. The summed E-state index contributed by atoms with van der Waals surface area (Å²) in [7, 11) is 1.69. The molecule has 4 rings (SSSR count). The molecule has 198 valence electrons. The second-order valence-corrected chi connectivity index (χ2v) is 9.98. The molecule has 2 amide bonds. The predicted octanol–water partition coefficient (Wildman–Crippen LogP) is 3.93. The Morgan fingerprint density at radius 3 is 2.38 bits per heavy atom. The number of pyridine rings is 1. The van der Waals surface area contributed by atoms with Gasteiger partial charge in [0, 0.05) is 23.9 Å². The van der Waals surface area contributed by atoms with Gasteiger partial charge in [-0.3, -0.25) is 14.4 Å². The molecular weight excluding hydrogens is 478 g/mol. The van der Waals surface area contributed by atoms with Crippen molar-refractivity contribution in [3.63, 3.8) is 0 Å². The molecule has 9 heteroatoms. The van der Waals surface area contributed by atoms with Crippen molar-refractivity contribution in [1.29, 1.82) is 0 Å². The Bertz CT molecular complexity index is 1130. The van der Waals surface area contributed by atoms with Crippen LogP contribution in [0.25, 0.3) is 0 Å². The Balaban J connectivity index is 1.61. The molecule has 2 unspecified atom stereocenters. The minimum atomic E-state index is -0.774. The van der Waals surface area contributed by atoms with E-state index < -0.39 is 35.5 Å². The highest BCUT2D eigenvalue weighted by atomic mass is 19.1. The number of nitrogens with one attached hydrogen (secondary N) is 2. The SMILES string of the molecule is CNC(C)C(=O)N[C@H](C(=O)N1CCCC1c1ccnc(C(=O)c2ccc(F)cc2)c1F)C1CCCCC1. The Labute approximate surface area is 216 Å². The summed E-state index contributed by atoms with van der Waals surface area (Å²) in [5.74, 6) is -2.36. The highest BCUT2D eigenvalue weighted by Gasteiger charge is 2.40. The van der Waals surface area contributed by atoms with Gasteiger partial charge in [-0.15, -0.1) is 0 Å². The fraction of sp³-hybridized carbons (Fsp3) is 0.500. The summed E-state index contributed by atoms with van der Waals surface area (Å²) in [6.07, 6.45) is 7.40. The molecule has 2 aliphatic rings. The van der Waals surface area contributed by atoms with Gasteiger partial charge in [-0.25, -0.2) is 13.8 Å². The zero-order valence-corrected chi connectivity index (χ0v) is 21.3. The van der Waals surface area contributed by atoms with E-state index in [1.54, 1.807) is 18.9 Å². The number of carbonyl (C=O) groups is 3. The van der Waals surface area contributed by atoms with Gasteiger partial charge in [-0.1, -0.05) is 19.3 Å². The molecule has 1 aliphatic heterocycles. The highest BCUT2D eigenvalue weighted by molar-refractivity contribution is 6.08. The number of likely N-dealkylation sites (tertiary alicyclic amines) is 1. The van der Waals surface area contributed by atoms with Crippen LogP contribution in [0.1, 0.15) is 79.5 Å². The fourth-order valence-corrected chi connectivity index (χ4v) is 5.40. The monoisotopic (exact) mass is 512 g/mol. The number of rotatable bonds is 8. The molecule has 2 heterocycles. The number of carbonyl (C=O) groups excluding carboxylic acids is 3. The number of aromatic nitrogens is 1. The van der Waals surface area contributed by atoms with E-state index >= 15 is 4.39 Å². The third-order valence-electron chi connectivity index (χ3n) is 7.65. The van der Waals surface area contributed by atoms with Crippen LogP contribution in [0.4, 0.5) is 8.78 Å². The maximum absolute atomic E-state index is 15.7. The molecule has 0 radical (unpaired) electrons. The van der Waals surface area contributed by atoms with Gasteiger partial charge in [-0.05, 0) is 75.9 Å². The number of ketones is 1. The lowest BCUT2D eigenvalue weighted by molar-refractivity contribution is -0.139. The molecule has 2 fully saturated rings.